The number of amides is 2. The van der Waals surface area contributed by atoms with Gasteiger partial charge in [-0.25, -0.2) is 8.84 Å². The Morgan fingerprint density at radius 1 is 0.714 bits per heavy atom. The van der Waals surface area contributed by atoms with Crippen molar-refractivity contribution < 1.29 is 9.59 Å². The van der Waals surface area contributed by atoms with Gasteiger partial charge in [0.1, 0.15) is 0 Å². The summed E-state index contributed by atoms with van der Waals surface area (Å²) in [6.45, 7) is 0. The van der Waals surface area contributed by atoms with Gasteiger partial charge < -0.3 is 0 Å². The van der Waals surface area contributed by atoms with Crippen LogP contribution in [0.4, 0.5) is 11.4 Å². The Morgan fingerprint density at radius 2 is 1.05 bits per heavy atom. The fraction of sp³-hybridized carbons (Fsp3) is 0.0667. The molecule has 0 aliphatic rings. The molecule has 108 valence electrons. The highest BCUT2D eigenvalue weighted by atomic mass is 35.5. The van der Waals surface area contributed by atoms with Crippen LogP contribution in [0.15, 0.2) is 48.5 Å². The van der Waals surface area contributed by atoms with Crippen LogP contribution in [0.2, 0.25) is 0 Å². The number of benzene rings is 2. The van der Waals surface area contributed by atoms with Gasteiger partial charge in [-0.3, -0.25) is 9.59 Å². The molecule has 0 saturated carbocycles. The smallest absolute Gasteiger partial charge is 0.228 e. The van der Waals surface area contributed by atoms with Crippen molar-refractivity contribution in [3.8, 4) is 0 Å². The first kappa shape index (κ1) is 15.4. The van der Waals surface area contributed by atoms with Crippen molar-refractivity contribution in [1.82, 2.24) is 0 Å². The second-order valence-corrected chi connectivity index (χ2v) is 5.07. The Labute approximate surface area is 132 Å². The highest BCUT2D eigenvalue weighted by Gasteiger charge is 2.04. The molecule has 6 heteroatoms. The Kier molecular flexibility index (Phi) is 5.20. The van der Waals surface area contributed by atoms with Gasteiger partial charge in [-0.1, -0.05) is 24.3 Å². The molecule has 2 rings (SSSR count). The van der Waals surface area contributed by atoms with E-state index in [-0.39, 0.29) is 0 Å². The standard InChI is InChI=1S/C15H12Cl2N2O2/c16-18(10-20)14-5-1-12(2-6-14)9-13-3-7-15(8-4-13)19(17)11-21/h1-8,10-11H,9H2. The summed E-state index contributed by atoms with van der Waals surface area (Å²) in [4.78, 5) is 21.1. The van der Waals surface area contributed by atoms with Crippen LogP contribution in [0.1, 0.15) is 11.1 Å². The first-order chi connectivity index (χ1) is 10.1. The summed E-state index contributed by atoms with van der Waals surface area (Å²) in [6, 6.07) is 14.7. The lowest BCUT2D eigenvalue weighted by Crippen LogP contribution is -2.06. The predicted molar refractivity (Wildman–Crippen MR) is 84.5 cm³/mol. The number of rotatable bonds is 6. The monoisotopic (exact) mass is 322 g/mol. The number of hydrogen-bond donors (Lipinski definition) is 0. The van der Waals surface area contributed by atoms with Gasteiger partial charge in [0.15, 0.2) is 0 Å². The van der Waals surface area contributed by atoms with E-state index in [1.807, 2.05) is 24.3 Å². The van der Waals surface area contributed by atoms with E-state index >= 15 is 0 Å². The molecule has 0 fully saturated rings. The fourth-order valence-electron chi connectivity index (χ4n) is 1.87. The summed E-state index contributed by atoms with van der Waals surface area (Å²) in [5.41, 5.74) is 3.41. The van der Waals surface area contributed by atoms with Gasteiger partial charge in [-0.05, 0) is 41.8 Å². The molecule has 21 heavy (non-hydrogen) atoms. The van der Waals surface area contributed by atoms with Gasteiger partial charge in [0, 0.05) is 23.6 Å². The van der Waals surface area contributed by atoms with Gasteiger partial charge in [-0.2, -0.15) is 0 Å². The second-order valence-electron chi connectivity index (χ2n) is 4.34. The van der Waals surface area contributed by atoms with Crippen LogP contribution >= 0.6 is 23.6 Å². The quantitative estimate of drug-likeness (QED) is 0.603. The number of nitrogens with zero attached hydrogens (tertiary/aromatic N) is 2. The van der Waals surface area contributed by atoms with E-state index in [0.29, 0.717) is 24.2 Å². The SMILES string of the molecule is O=CN(Cl)c1ccc(Cc2ccc(N(Cl)C=O)cc2)cc1. The Hall–Kier alpha value is -2.04. The van der Waals surface area contributed by atoms with E-state index in [1.54, 1.807) is 24.3 Å². The first-order valence-electron chi connectivity index (χ1n) is 6.12. The van der Waals surface area contributed by atoms with Crippen LogP contribution in [-0.2, 0) is 16.0 Å². The zero-order valence-electron chi connectivity index (χ0n) is 10.9. The van der Waals surface area contributed by atoms with Crippen molar-refractivity contribution in [2.45, 2.75) is 6.42 Å². The molecule has 0 radical (unpaired) electrons. The summed E-state index contributed by atoms with van der Waals surface area (Å²) in [7, 11) is 0. The van der Waals surface area contributed by atoms with Crippen molar-refractivity contribution in [2.75, 3.05) is 8.84 Å². The van der Waals surface area contributed by atoms with Crippen LogP contribution in [0, 0.1) is 0 Å². The molecule has 0 N–H and O–H groups in total. The normalized spacial score (nSPS) is 10.0. The van der Waals surface area contributed by atoms with Crippen LogP contribution in [0.5, 0.6) is 0 Å². The van der Waals surface area contributed by atoms with E-state index in [9.17, 15) is 9.59 Å². The second kappa shape index (κ2) is 7.11. The number of anilines is 2. The van der Waals surface area contributed by atoms with Gasteiger partial charge in [0.2, 0.25) is 12.8 Å². The third-order valence-corrected chi connectivity index (χ3v) is 3.51. The van der Waals surface area contributed by atoms with Gasteiger partial charge in [0.25, 0.3) is 0 Å². The lowest BCUT2D eigenvalue weighted by molar-refractivity contribution is -0.107. The van der Waals surface area contributed by atoms with Gasteiger partial charge in [0.05, 0.1) is 11.4 Å². The summed E-state index contributed by atoms with van der Waals surface area (Å²) in [5.74, 6) is 0. The Morgan fingerprint density at radius 3 is 1.33 bits per heavy atom. The first-order valence-corrected chi connectivity index (χ1v) is 6.80. The van der Waals surface area contributed by atoms with Crippen LogP contribution in [0.3, 0.4) is 0 Å². The van der Waals surface area contributed by atoms with E-state index in [0.717, 1.165) is 26.4 Å². The highest BCUT2D eigenvalue weighted by molar-refractivity contribution is 6.33. The molecular weight excluding hydrogens is 311 g/mol. The molecule has 0 aliphatic heterocycles. The molecule has 0 spiro atoms. The molecule has 0 aromatic heterocycles. The number of halogens is 2. The molecule has 0 aliphatic carbocycles. The molecule has 2 aromatic rings. The summed E-state index contributed by atoms with van der Waals surface area (Å²) < 4.78 is 1.99. The summed E-state index contributed by atoms with van der Waals surface area (Å²) >= 11 is 11.4. The van der Waals surface area contributed by atoms with Crippen LogP contribution in [-0.4, -0.2) is 12.8 Å². The molecule has 2 amide bonds. The summed E-state index contributed by atoms with van der Waals surface area (Å²) in [6.07, 6.45) is 1.81. The molecule has 0 atom stereocenters. The summed E-state index contributed by atoms with van der Waals surface area (Å²) in [5, 5.41) is 0. The van der Waals surface area contributed by atoms with Crippen molar-refractivity contribution in [3.63, 3.8) is 0 Å². The van der Waals surface area contributed by atoms with Crippen molar-refractivity contribution >= 4 is 47.7 Å². The van der Waals surface area contributed by atoms with E-state index < -0.39 is 0 Å². The average molecular weight is 323 g/mol. The predicted octanol–water partition coefficient (Wildman–Crippen LogP) is 3.51. The maximum Gasteiger partial charge on any atom is 0.228 e. The number of hydrogen-bond acceptors (Lipinski definition) is 2. The molecule has 4 nitrogen and oxygen atoms in total. The highest BCUT2D eigenvalue weighted by Crippen LogP contribution is 2.20. The van der Waals surface area contributed by atoms with Crippen LogP contribution in [0.25, 0.3) is 0 Å². The minimum Gasteiger partial charge on any atom is -0.277 e. The lowest BCUT2D eigenvalue weighted by Gasteiger charge is -2.10. The molecule has 0 unspecified atom stereocenters. The minimum absolute atomic E-state index is 0.542. The Balaban J connectivity index is 2.07. The van der Waals surface area contributed by atoms with E-state index in [1.165, 1.54) is 0 Å². The number of carbonyl (C=O) groups excluding carboxylic acids is 2. The van der Waals surface area contributed by atoms with Crippen molar-refractivity contribution in [2.24, 2.45) is 0 Å². The maximum absolute atomic E-state index is 10.5. The molecule has 2 aromatic carbocycles. The zero-order chi connectivity index (χ0) is 15.2. The lowest BCUT2D eigenvalue weighted by atomic mass is 10.0. The average Bonchev–Trinajstić information content (AvgIpc) is 2.55. The maximum atomic E-state index is 10.5. The fourth-order valence-corrected chi connectivity index (χ4v) is 2.10. The molecular formula is C15H12Cl2N2O2. The Bertz CT molecular complexity index is 559. The largest absolute Gasteiger partial charge is 0.277 e. The third kappa shape index (κ3) is 3.97. The number of carbonyl (C=O) groups is 2. The minimum atomic E-state index is 0.542. The molecule has 0 bridgehead atoms. The van der Waals surface area contributed by atoms with Crippen molar-refractivity contribution in [1.29, 1.82) is 0 Å². The van der Waals surface area contributed by atoms with E-state index in [4.69, 9.17) is 23.6 Å². The third-order valence-electron chi connectivity index (χ3n) is 2.96. The van der Waals surface area contributed by atoms with Gasteiger partial charge in [-0.15, -0.1) is 0 Å². The zero-order valence-corrected chi connectivity index (χ0v) is 12.5. The molecule has 0 heterocycles. The molecule has 0 saturated heterocycles. The van der Waals surface area contributed by atoms with E-state index in [2.05, 4.69) is 0 Å². The van der Waals surface area contributed by atoms with Crippen molar-refractivity contribution in [3.05, 3.63) is 59.7 Å². The van der Waals surface area contributed by atoms with Crippen LogP contribution < -0.4 is 8.84 Å². The van der Waals surface area contributed by atoms with Gasteiger partial charge >= 0.3 is 0 Å². The topological polar surface area (TPSA) is 40.6 Å².